The lowest BCUT2D eigenvalue weighted by Crippen LogP contribution is -2.18. The average molecular weight is 366 g/mol. The molecule has 0 fully saturated rings. The van der Waals surface area contributed by atoms with Crippen molar-refractivity contribution in [3.8, 4) is 0 Å². The van der Waals surface area contributed by atoms with Gasteiger partial charge in [0.2, 0.25) is 5.91 Å². The maximum atomic E-state index is 13.0. The summed E-state index contributed by atoms with van der Waals surface area (Å²) in [6, 6.07) is 13.7. The molecule has 2 aromatic rings. The molecule has 0 aromatic heterocycles. The zero-order valence-corrected chi connectivity index (χ0v) is 17.6. The van der Waals surface area contributed by atoms with Gasteiger partial charge in [-0.2, -0.15) is 0 Å². The molecule has 0 saturated carbocycles. The highest BCUT2D eigenvalue weighted by molar-refractivity contribution is 5.98. The van der Waals surface area contributed by atoms with E-state index in [1.807, 2.05) is 36.4 Å². The van der Waals surface area contributed by atoms with Crippen molar-refractivity contribution in [1.29, 1.82) is 0 Å². The molecule has 0 aliphatic heterocycles. The van der Waals surface area contributed by atoms with E-state index >= 15 is 0 Å². The number of carbonyl (C=O) groups excluding carboxylic acids is 2. The number of rotatable bonds is 4. The maximum Gasteiger partial charge on any atom is 0.221 e. The molecule has 0 atom stereocenters. The standard InChI is InChI=1S/C24H31NO2/c1-16(26)25-21-10-8-17(9-11-21)12-22(27)18-13-19(23(2,3)4)15-20(14-18)24(5,6)7/h8-11,13-15H,12H2,1-7H3,(H,25,26). The lowest BCUT2D eigenvalue weighted by molar-refractivity contribution is -0.114. The summed E-state index contributed by atoms with van der Waals surface area (Å²) in [4.78, 5) is 24.1. The van der Waals surface area contributed by atoms with Gasteiger partial charge in [-0.05, 0) is 51.8 Å². The van der Waals surface area contributed by atoms with E-state index in [0.717, 1.165) is 16.8 Å². The Balaban J connectivity index is 2.31. The molecule has 2 aromatic carbocycles. The quantitative estimate of drug-likeness (QED) is 0.710. The van der Waals surface area contributed by atoms with Gasteiger partial charge in [0.15, 0.2) is 5.78 Å². The largest absolute Gasteiger partial charge is 0.326 e. The van der Waals surface area contributed by atoms with Crippen molar-refractivity contribution in [2.24, 2.45) is 0 Å². The van der Waals surface area contributed by atoms with Crippen LogP contribution in [0.3, 0.4) is 0 Å². The van der Waals surface area contributed by atoms with E-state index in [4.69, 9.17) is 0 Å². The topological polar surface area (TPSA) is 46.2 Å². The summed E-state index contributed by atoms with van der Waals surface area (Å²) >= 11 is 0. The zero-order valence-electron chi connectivity index (χ0n) is 17.6. The third-order valence-corrected chi connectivity index (χ3v) is 4.63. The van der Waals surface area contributed by atoms with Crippen LogP contribution in [0.15, 0.2) is 42.5 Å². The first-order valence-electron chi connectivity index (χ1n) is 9.42. The molecule has 2 rings (SSSR count). The molecule has 0 spiro atoms. The summed E-state index contributed by atoms with van der Waals surface area (Å²) in [6.45, 7) is 14.5. The Kier molecular flexibility index (Phi) is 5.94. The van der Waals surface area contributed by atoms with Crippen LogP contribution in [0.5, 0.6) is 0 Å². The van der Waals surface area contributed by atoms with Crippen molar-refractivity contribution in [3.05, 3.63) is 64.7 Å². The molecule has 0 heterocycles. The van der Waals surface area contributed by atoms with E-state index in [9.17, 15) is 9.59 Å². The van der Waals surface area contributed by atoms with Gasteiger partial charge in [0.25, 0.3) is 0 Å². The van der Waals surface area contributed by atoms with Crippen molar-refractivity contribution < 1.29 is 9.59 Å². The average Bonchev–Trinajstić information content (AvgIpc) is 2.54. The van der Waals surface area contributed by atoms with Gasteiger partial charge in [0.1, 0.15) is 0 Å². The lowest BCUT2D eigenvalue weighted by atomic mass is 9.79. The fourth-order valence-corrected chi connectivity index (χ4v) is 2.85. The van der Waals surface area contributed by atoms with Gasteiger partial charge in [0.05, 0.1) is 0 Å². The van der Waals surface area contributed by atoms with Gasteiger partial charge >= 0.3 is 0 Å². The maximum absolute atomic E-state index is 13.0. The number of amides is 1. The molecule has 0 radical (unpaired) electrons. The van der Waals surface area contributed by atoms with Gasteiger partial charge in [-0.25, -0.2) is 0 Å². The molecule has 3 nitrogen and oxygen atoms in total. The SMILES string of the molecule is CC(=O)Nc1ccc(CC(=O)c2cc(C(C)(C)C)cc(C(C)(C)C)c2)cc1. The number of benzene rings is 2. The van der Waals surface area contributed by atoms with Gasteiger partial charge in [0, 0.05) is 24.6 Å². The minimum absolute atomic E-state index is 0.0176. The number of hydrogen-bond donors (Lipinski definition) is 1. The van der Waals surface area contributed by atoms with E-state index in [-0.39, 0.29) is 22.5 Å². The summed E-state index contributed by atoms with van der Waals surface area (Å²) in [5.74, 6) is 0.00593. The Morgan fingerprint density at radius 1 is 0.815 bits per heavy atom. The predicted molar refractivity (Wildman–Crippen MR) is 113 cm³/mol. The minimum Gasteiger partial charge on any atom is -0.326 e. The van der Waals surface area contributed by atoms with Crippen LogP contribution in [0.2, 0.25) is 0 Å². The predicted octanol–water partition coefficient (Wildman–Crippen LogP) is 5.67. The molecule has 3 heteroatoms. The van der Waals surface area contributed by atoms with E-state index in [0.29, 0.717) is 6.42 Å². The number of carbonyl (C=O) groups is 2. The van der Waals surface area contributed by atoms with E-state index < -0.39 is 0 Å². The third kappa shape index (κ3) is 5.78. The molecular formula is C24H31NO2. The Labute approximate surface area is 163 Å². The van der Waals surface area contributed by atoms with Gasteiger partial charge in [-0.3, -0.25) is 9.59 Å². The molecule has 1 N–H and O–H groups in total. The van der Waals surface area contributed by atoms with E-state index in [1.54, 1.807) is 0 Å². The Hall–Kier alpha value is -2.42. The van der Waals surface area contributed by atoms with E-state index in [1.165, 1.54) is 18.1 Å². The summed E-state index contributed by atoms with van der Waals surface area (Å²) in [5.41, 5.74) is 4.76. The second-order valence-corrected chi connectivity index (χ2v) is 9.28. The number of ketones is 1. The fraction of sp³-hybridized carbons (Fsp3) is 0.417. The monoisotopic (exact) mass is 365 g/mol. The minimum atomic E-state index is -0.104. The third-order valence-electron chi connectivity index (χ3n) is 4.63. The summed E-state index contributed by atoms with van der Waals surface area (Å²) in [6.07, 6.45) is 0.345. The van der Waals surface area contributed by atoms with Gasteiger partial charge in [-0.1, -0.05) is 59.7 Å². The number of Topliss-reactive ketones (excluding diaryl/α,β-unsaturated/α-hetero) is 1. The second kappa shape index (κ2) is 7.67. The molecule has 0 unspecified atom stereocenters. The Morgan fingerprint density at radius 3 is 1.70 bits per heavy atom. The first-order chi connectivity index (χ1) is 12.4. The molecule has 144 valence electrons. The molecule has 0 saturated heterocycles. The number of nitrogens with one attached hydrogen (secondary N) is 1. The molecule has 0 bridgehead atoms. The first kappa shape index (κ1) is 20.9. The van der Waals surface area contributed by atoms with Crippen LogP contribution in [0, 0.1) is 0 Å². The number of anilines is 1. The van der Waals surface area contributed by atoms with E-state index in [2.05, 4.69) is 52.9 Å². The highest BCUT2D eigenvalue weighted by Crippen LogP contribution is 2.30. The second-order valence-electron chi connectivity index (χ2n) is 9.28. The summed E-state index contributed by atoms with van der Waals surface area (Å²) < 4.78 is 0. The normalized spacial score (nSPS) is 12.0. The first-order valence-corrected chi connectivity index (χ1v) is 9.42. The smallest absolute Gasteiger partial charge is 0.221 e. The zero-order chi connectivity index (χ0) is 20.4. The van der Waals surface area contributed by atoms with Crippen LogP contribution in [0.4, 0.5) is 5.69 Å². The highest BCUT2D eigenvalue weighted by Gasteiger charge is 2.22. The van der Waals surface area contributed by atoms with Gasteiger partial charge in [-0.15, -0.1) is 0 Å². The van der Waals surface area contributed by atoms with Crippen LogP contribution >= 0.6 is 0 Å². The van der Waals surface area contributed by atoms with Crippen molar-refractivity contribution in [3.63, 3.8) is 0 Å². The molecular weight excluding hydrogens is 334 g/mol. The Morgan fingerprint density at radius 2 is 1.30 bits per heavy atom. The van der Waals surface area contributed by atoms with Gasteiger partial charge < -0.3 is 5.32 Å². The van der Waals surface area contributed by atoms with Crippen LogP contribution < -0.4 is 5.32 Å². The molecule has 0 aliphatic rings. The van der Waals surface area contributed by atoms with Crippen molar-refractivity contribution in [1.82, 2.24) is 0 Å². The van der Waals surface area contributed by atoms with Crippen LogP contribution in [-0.2, 0) is 22.0 Å². The summed E-state index contributed by atoms with van der Waals surface area (Å²) in [7, 11) is 0. The Bertz CT molecular complexity index is 802. The van der Waals surface area contributed by atoms with Crippen molar-refractivity contribution in [2.75, 3.05) is 5.32 Å². The van der Waals surface area contributed by atoms with Crippen molar-refractivity contribution >= 4 is 17.4 Å². The van der Waals surface area contributed by atoms with Crippen molar-refractivity contribution in [2.45, 2.75) is 65.7 Å². The molecule has 1 amide bonds. The van der Waals surface area contributed by atoms with Crippen LogP contribution in [0.25, 0.3) is 0 Å². The molecule has 27 heavy (non-hydrogen) atoms. The number of hydrogen-bond acceptors (Lipinski definition) is 2. The molecule has 0 aliphatic carbocycles. The lowest BCUT2D eigenvalue weighted by Gasteiger charge is -2.26. The summed E-state index contributed by atoms with van der Waals surface area (Å²) in [5, 5.41) is 2.74. The van der Waals surface area contributed by atoms with Crippen LogP contribution in [-0.4, -0.2) is 11.7 Å². The fourth-order valence-electron chi connectivity index (χ4n) is 2.85. The van der Waals surface area contributed by atoms with Crippen LogP contribution in [0.1, 0.15) is 75.5 Å². The highest BCUT2D eigenvalue weighted by atomic mass is 16.1.